The molecule has 0 fully saturated rings. The van der Waals surface area contributed by atoms with Crippen LogP contribution < -0.4 is 11.1 Å². The zero-order chi connectivity index (χ0) is 20.4. The van der Waals surface area contributed by atoms with Gasteiger partial charge in [-0.3, -0.25) is 4.79 Å². The molecule has 0 saturated carbocycles. The average molecular weight is 390 g/mol. The number of hydrogen-bond acceptors (Lipinski definition) is 5. The number of sulfone groups is 1. The first-order valence-electron chi connectivity index (χ1n) is 8.17. The molecule has 1 amide bonds. The number of benzene rings is 2. The van der Waals surface area contributed by atoms with Crippen LogP contribution >= 0.6 is 0 Å². The Kier molecular flexibility index (Phi) is 5.60. The van der Waals surface area contributed by atoms with E-state index in [2.05, 4.69) is 5.32 Å². The second kappa shape index (κ2) is 7.40. The Morgan fingerprint density at radius 3 is 2.26 bits per heavy atom. The van der Waals surface area contributed by atoms with Crippen LogP contribution in [0.5, 0.6) is 0 Å². The minimum Gasteiger partial charge on any atom is -0.478 e. The van der Waals surface area contributed by atoms with Gasteiger partial charge in [0.2, 0.25) is 0 Å². The highest BCUT2D eigenvalue weighted by molar-refractivity contribution is 7.91. The first-order valence-corrected chi connectivity index (χ1v) is 9.82. The number of carbonyl (C=O) groups is 2. The van der Waals surface area contributed by atoms with E-state index in [1.807, 2.05) is 0 Å². The molecule has 0 aliphatic heterocycles. The maximum Gasteiger partial charge on any atom is 0.336 e. The molecule has 0 aliphatic carbocycles. The summed E-state index contributed by atoms with van der Waals surface area (Å²) < 4.78 is 25.4. The van der Waals surface area contributed by atoms with Crippen LogP contribution in [-0.2, 0) is 9.84 Å². The summed E-state index contributed by atoms with van der Waals surface area (Å²) >= 11 is 0. The standard InChI is InChI=1S/C19H22N2O5S/c1-12-10-13(8-9-16(12)20)27(25,26)11-19(2,3)21-17(22)14-6-4-5-7-15(14)18(23)24/h4-10H,11,20H2,1-3H3,(H,21,22)(H,23,24). The maximum absolute atomic E-state index is 12.7. The van der Waals surface area contributed by atoms with Gasteiger partial charge in [-0.2, -0.15) is 0 Å². The predicted octanol–water partition coefficient (Wildman–Crippen LogP) is 2.26. The van der Waals surface area contributed by atoms with Crippen LogP contribution in [-0.4, -0.2) is 36.7 Å². The van der Waals surface area contributed by atoms with Crippen LogP contribution in [0.25, 0.3) is 0 Å². The zero-order valence-corrected chi connectivity index (χ0v) is 16.1. The Hall–Kier alpha value is -2.87. The number of rotatable bonds is 6. The molecule has 8 heteroatoms. The van der Waals surface area contributed by atoms with Crippen molar-refractivity contribution in [2.75, 3.05) is 11.5 Å². The van der Waals surface area contributed by atoms with E-state index in [-0.39, 0.29) is 21.8 Å². The van der Waals surface area contributed by atoms with Crippen molar-refractivity contribution in [2.45, 2.75) is 31.2 Å². The quantitative estimate of drug-likeness (QED) is 0.649. The first-order chi connectivity index (χ1) is 12.4. The molecular formula is C19H22N2O5S. The largest absolute Gasteiger partial charge is 0.478 e. The third kappa shape index (κ3) is 4.85. The Labute approximate surface area is 158 Å². The molecule has 0 bridgehead atoms. The third-order valence-corrected chi connectivity index (χ3v) is 6.08. The fourth-order valence-corrected chi connectivity index (χ4v) is 4.50. The first kappa shape index (κ1) is 20.4. The lowest BCUT2D eigenvalue weighted by Gasteiger charge is -2.26. The number of carbonyl (C=O) groups excluding carboxylic acids is 1. The summed E-state index contributed by atoms with van der Waals surface area (Å²) in [5.41, 5.74) is 5.56. The smallest absolute Gasteiger partial charge is 0.336 e. The van der Waals surface area contributed by atoms with Gasteiger partial charge >= 0.3 is 5.97 Å². The molecule has 4 N–H and O–H groups in total. The van der Waals surface area contributed by atoms with Crippen molar-refractivity contribution >= 4 is 27.4 Å². The number of amides is 1. The highest BCUT2D eigenvalue weighted by Crippen LogP contribution is 2.21. The number of nitrogens with one attached hydrogen (secondary N) is 1. The van der Waals surface area contributed by atoms with Crippen molar-refractivity contribution in [3.63, 3.8) is 0 Å². The van der Waals surface area contributed by atoms with Gasteiger partial charge in [-0.15, -0.1) is 0 Å². The van der Waals surface area contributed by atoms with Gasteiger partial charge in [-0.05, 0) is 56.7 Å². The van der Waals surface area contributed by atoms with Crippen molar-refractivity contribution in [3.8, 4) is 0 Å². The lowest BCUT2D eigenvalue weighted by atomic mass is 10.0. The van der Waals surface area contributed by atoms with Crippen molar-refractivity contribution in [1.29, 1.82) is 0 Å². The number of carboxylic acids is 1. The molecule has 0 aliphatic rings. The summed E-state index contributed by atoms with van der Waals surface area (Å²) in [4.78, 5) is 23.9. The summed E-state index contributed by atoms with van der Waals surface area (Å²) in [5, 5.41) is 11.8. The summed E-state index contributed by atoms with van der Waals surface area (Å²) in [6.07, 6.45) is 0. The number of nitrogens with two attached hydrogens (primary N) is 1. The highest BCUT2D eigenvalue weighted by Gasteiger charge is 2.30. The van der Waals surface area contributed by atoms with E-state index in [9.17, 15) is 23.1 Å². The number of nitrogen functional groups attached to an aromatic ring is 1. The van der Waals surface area contributed by atoms with Gasteiger partial charge in [0.25, 0.3) is 5.91 Å². The topological polar surface area (TPSA) is 127 Å². The Morgan fingerprint density at radius 1 is 1.11 bits per heavy atom. The highest BCUT2D eigenvalue weighted by atomic mass is 32.2. The van der Waals surface area contributed by atoms with Crippen LogP contribution in [0.4, 0.5) is 5.69 Å². The maximum atomic E-state index is 12.7. The molecule has 2 aromatic carbocycles. The van der Waals surface area contributed by atoms with Gasteiger partial charge in [-0.1, -0.05) is 12.1 Å². The van der Waals surface area contributed by atoms with Gasteiger partial charge in [0.1, 0.15) is 0 Å². The number of aryl methyl sites for hydroxylation is 1. The van der Waals surface area contributed by atoms with E-state index < -0.39 is 27.3 Å². The fourth-order valence-electron chi connectivity index (χ4n) is 2.68. The van der Waals surface area contributed by atoms with Gasteiger partial charge in [0, 0.05) is 11.2 Å². The molecule has 27 heavy (non-hydrogen) atoms. The van der Waals surface area contributed by atoms with Gasteiger partial charge < -0.3 is 16.2 Å². The van der Waals surface area contributed by atoms with Crippen LogP contribution in [0.3, 0.4) is 0 Å². The van der Waals surface area contributed by atoms with Crippen molar-refractivity contribution in [1.82, 2.24) is 5.32 Å². The van der Waals surface area contributed by atoms with Crippen LogP contribution in [0.1, 0.15) is 40.1 Å². The monoisotopic (exact) mass is 390 g/mol. The number of hydrogen-bond donors (Lipinski definition) is 3. The minimum absolute atomic E-state index is 0.0289. The van der Waals surface area contributed by atoms with Crippen molar-refractivity contribution < 1.29 is 23.1 Å². The molecule has 144 valence electrons. The molecule has 0 unspecified atom stereocenters. The Morgan fingerprint density at radius 2 is 1.70 bits per heavy atom. The zero-order valence-electron chi connectivity index (χ0n) is 15.3. The van der Waals surface area contributed by atoms with E-state index in [4.69, 9.17) is 5.73 Å². The number of carboxylic acid groups (broad SMARTS) is 1. The van der Waals surface area contributed by atoms with Crippen LogP contribution in [0, 0.1) is 6.92 Å². The summed E-state index contributed by atoms with van der Waals surface area (Å²) in [6, 6.07) is 10.2. The van der Waals surface area contributed by atoms with Crippen LogP contribution in [0.15, 0.2) is 47.4 Å². The lowest BCUT2D eigenvalue weighted by molar-refractivity contribution is 0.0689. The minimum atomic E-state index is -3.70. The predicted molar refractivity (Wildman–Crippen MR) is 103 cm³/mol. The summed E-state index contributed by atoms with van der Waals surface area (Å²) in [6.45, 7) is 4.84. The lowest BCUT2D eigenvalue weighted by Crippen LogP contribution is -2.48. The van der Waals surface area contributed by atoms with Gasteiger partial charge in [0.05, 0.1) is 21.8 Å². The van der Waals surface area contributed by atoms with Crippen molar-refractivity contribution in [2.24, 2.45) is 0 Å². The van der Waals surface area contributed by atoms with E-state index in [1.54, 1.807) is 26.8 Å². The van der Waals surface area contributed by atoms with Gasteiger partial charge in [0.15, 0.2) is 9.84 Å². The molecule has 2 rings (SSSR count). The molecule has 0 spiro atoms. The molecule has 0 radical (unpaired) electrons. The molecule has 2 aromatic rings. The second-order valence-corrected chi connectivity index (χ2v) is 8.96. The van der Waals surface area contributed by atoms with E-state index in [0.29, 0.717) is 11.3 Å². The average Bonchev–Trinajstić information content (AvgIpc) is 2.55. The molecule has 0 aromatic heterocycles. The van der Waals surface area contributed by atoms with Gasteiger partial charge in [-0.25, -0.2) is 13.2 Å². The Bertz CT molecular complexity index is 997. The molecule has 0 saturated heterocycles. The summed E-state index contributed by atoms with van der Waals surface area (Å²) in [5.74, 6) is -2.24. The normalized spacial score (nSPS) is 11.8. The van der Waals surface area contributed by atoms with E-state index in [1.165, 1.54) is 36.4 Å². The number of aromatic carboxylic acids is 1. The molecule has 7 nitrogen and oxygen atoms in total. The summed E-state index contributed by atoms with van der Waals surface area (Å²) in [7, 11) is -3.70. The van der Waals surface area contributed by atoms with E-state index in [0.717, 1.165) is 0 Å². The number of anilines is 1. The Balaban J connectivity index is 2.25. The second-order valence-electron chi connectivity index (χ2n) is 6.97. The molecular weight excluding hydrogens is 368 g/mol. The van der Waals surface area contributed by atoms with Crippen LogP contribution in [0.2, 0.25) is 0 Å². The fraction of sp³-hybridized carbons (Fsp3) is 0.263. The van der Waals surface area contributed by atoms with Crippen molar-refractivity contribution in [3.05, 3.63) is 59.2 Å². The third-order valence-electron chi connectivity index (χ3n) is 4.01. The van der Waals surface area contributed by atoms with E-state index >= 15 is 0 Å². The molecule has 0 heterocycles. The molecule has 0 atom stereocenters. The SMILES string of the molecule is Cc1cc(S(=O)(=O)CC(C)(C)NC(=O)c2ccccc2C(=O)O)ccc1N.